The van der Waals surface area contributed by atoms with Gasteiger partial charge in [0, 0.05) is 0 Å². The summed E-state index contributed by atoms with van der Waals surface area (Å²) >= 11 is 2.51. The molecule has 0 amide bonds. The summed E-state index contributed by atoms with van der Waals surface area (Å²) in [4.78, 5) is 0. The van der Waals surface area contributed by atoms with Crippen LogP contribution in [-0.2, 0) is 9.47 Å². The Bertz CT molecular complexity index is 445. The van der Waals surface area contributed by atoms with Crippen LogP contribution in [0, 0.1) is 0 Å². The first-order valence-electron chi connectivity index (χ1n) is 13.7. The first kappa shape index (κ1) is 31.2. The molecule has 1 aliphatic heterocycles. The van der Waals surface area contributed by atoms with Crippen LogP contribution in [0.1, 0.15) is 105 Å². The molecule has 1 rings (SSSR count). The molecule has 0 aromatic rings. The van der Waals surface area contributed by atoms with Crippen LogP contribution in [0.4, 0.5) is 0 Å². The van der Waals surface area contributed by atoms with Gasteiger partial charge in [-0.05, 0) is 0 Å². The van der Waals surface area contributed by atoms with Gasteiger partial charge in [0.25, 0.3) is 0 Å². The van der Waals surface area contributed by atoms with E-state index in [0.29, 0.717) is 8.89 Å². The molecule has 2 nitrogen and oxygen atoms in total. The van der Waals surface area contributed by atoms with Gasteiger partial charge in [-0.1, -0.05) is 0 Å². The minimum atomic E-state index is -2.36. The summed E-state index contributed by atoms with van der Waals surface area (Å²) in [5, 5.41) is 0. The molecule has 0 spiro atoms. The van der Waals surface area contributed by atoms with Crippen LogP contribution < -0.4 is 0 Å². The van der Waals surface area contributed by atoms with Crippen LogP contribution in [0.15, 0.2) is 12.2 Å². The molecule has 1 atom stereocenters. The molecule has 0 aromatic heterocycles. The van der Waals surface area contributed by atoms with E-state index >= 15 is 0 Å². The number of rotatable bonds is 20. The zero-order valence-corrected chi connectivity index (χ0v) is 26.6. The summed E-state index contributed by atoms with van der Waals surface area (Å²) in [6, 6.07) is 0. The zero-order chi connectivity index (χ0) is 23.5. The summed E-state index contributed by atoms with van der Waals surface area (Å²) in [5.74, 6) is 2.80. The van der Waals surface area contributed by atoms with Gasteiger partial charge in [-0.15, -0.1) is 0 Å². The Morgan fingerprint density at radius 2 is 1.47 bits per heavy atom. The quantitative estimate of drug-likeness (QED) is 0.0795. The molecule has 0 unspecified atom stereocenters. The van der Waals surface area contributed by atoms with Crippen molar-refractivity contribution in [2.24, 2.45) is 0 Å². The fourth-order valence-electron chi connectivity index (χ4n) is 5.12. The third kappa shape index (κ3) is 10.8. The van der Waals surface area contributed by atoms with Gasteiger partial charge < -0.3 is 0 Å². The van der Waals surface area contributed by atoms with Crippen LogP contribution in [0.3, 0.4) is 0 Å². The molecule has 1 aliphatic rings. The van der Waals surface area contributed by atoms with Crippen molar-refractivity contribution >= 4 is 41.9 Å². The summed E-state index contributed by atoms with van der Waals surface area (Å²) in [6.07, 6.45) is 21.0. The second-order valence-corrected chi connectivity index (χ2v) is 28.8. The molecule has 0 N–H and O–H groups in total. The number of hydrogen-bond acceptors (Lipinski definition) is 4. The van der Waals surface area contributed by atoms with Crippen LogP contribution in [0.5, 0.6) is 0 Å². The third-order valence-electron chi connectivity index (χ3n) is 6.99. The van der Waals surface area contributed by atoms with Gasteiger partial charge in [0.2, 0.25) is 0 Å². The van der Waals surface area contributed by atoms with Crippen molar-refractivity contribution in [1.29, 1.82) is 0 Å². The van der Waals surface area contributed by atoms with E-state index in [1.807, 2.05) is 0 Å². The third-order valence-corrected chi connectivity index (χ3v) is 34.9. The average Bonchev–Trinajstić information content (AvgIpc) is 2.82. The maximum absolute atomic E-state index is 6.04. The second kappa shape index (κ2) is 19.4. The Balaban J connectivity index is 3.03. The van der Waals surface area contributed by atoms with Crippen molar-refractivity contribution in [1.82, 2.24) is 0 Å². The molecule has 1 heterocycles. The molecule has 32 heavy (non-hydrogen) atoms. The molecule has 1 saturated heterocycles. The van der Waals surface area contributed by atoms with E-state index in [0.717, 1.165) is 12.8 Å². The van der Waals surface area contributed by atoms with Crippen molar-refractivity contribution in [2.75, 3.05) is 25.4 Å². The molecular formula is C27H54O2S2Sn. The first-order chi connectivity index (χ1) is 15.6. The molecule has 0 aliphatic carbocycles. The Morgan fingerprint density at radius 3 is 1.97 bits per heavy atom. The fraction of sp³-hybridized carbons (Fsp3) is 0.926. The van der Waals surface area contributed by atoms with Crippen LogP contribution in [0.2, 0.25) is 13.3 Å². The molecule has 0 bridgehead atoms. The predicted octanol–water partition coefficient (Wildman–Crippen LogP) is 9.46. The van der Waals surface area contributed by atoms with Crippen molar-refractivity contribution in [3.8, 4) is 0 Å². The Morgan fingerprint density at radius 1 is 0.875 bits per heavy atom. The summed E-state index contributed by atoms with van der Waals surface area (Å²) < 4.78 is 16.8. The van der Waals surface area contributed by atoms with Gasteiger partial charge in [-0.3, -0.25) is 0 Å². The Kier molecular flexibility index (Phi) is 18.9. The molecule has 5 heteroatoms. The van der Waals surface area contributed by atoms with E-state index in [-0.39, 0.29) is 6.10 Å². The van der Waals surface area contributed by atoms with Crippen LogP contribution in [-0.4, -0.2) is 52.0 Å². The van der Waals surface area contributed by atoms with Crippen molar-refractivity contribution in [2.45, 2.75) is 126 Å². The standard InChI is InChI=1S/C15H27O2S2.3C4H9.Sn/c1-3-4-5-8-14(17-13-16-2)9-6-10-15-18-11-7-12-19-15;3*1-3-4-2;/h5,8,14H,3-4,6-7,9-13H2,1-2H3;3*1,3-4H2,2H3;/b8-5+;;;;/t14-;;;;/m1..../s1. The SMILES string of the molecule is CCC/C=C/[C@H](CCC[C]1([Sn]([CH2]CCC)([CH2]CCC)[CH2]CCC)SCCCS1)OCOC. The maximum atomic E-state index is 6.04. The molecule has 1 fully saturated rings. The van der Waals surface area contributed by atoms with Gasteiger partial charge in [0.15, 0.2) is 0 Å². The molecule has 0 aromatic carbocycles. The second-order valence-electron chi connectivity index (χ2n) is 9.62. The summed E-state index contributed by atoms with van der Waals surface area (Å²) in [6.45, 7) is 9.87. The number of unbranched alkanes of at least 4 members (excludes halogenated alkanes) is 4. The van der Waals surface area contributed by atoms with E-state index in [2.05, 4.69) is 63.4 Å². The molecular weight excluding hydrogens is 539 g/mol. The zero-order valence-electron chi connectivity index (χ0n) is 22.1. The number of allylic oxidation sites excluding steroid dienone is 1. The number of hydrogen-bond donors (Lipinski definition) is 0. The van der Waals surface area contributed by atoms with Gasteiger partial charge >= 0.3 is 215 Å². The average molecular weight is 594 g/mol. The molecule has 0 radical (unpaired) electrons. The minimum absolute atomic E-state index is 0.212. The molecule has 190 valence electrons. The number of ether oxygens (including phenoxy) is 2. The monoisotopic (exact) mass is 594 g/mol. The van der Waals surface area contributed by atoms with E-state index in [9.17, 15) is 0 Å². The normalized spacial score (nSPS) is 17.8. The van der Waals surface area contributed by atoms with E-state index < -0.39 is 18.4 Å². The van der Waals surface area contributed by atoms with E-state index in [1.54, 1.807) is 20.4 Å². The van der Waals surface area contributed by atoms with E-state index in [1.165, 1.54) is 75.7 Å². The Labute approximate surface area is 214 Å². The Hall–Kier alpha value is 1.16. The van der Waals surface area contributed by atoms with Gasteiger partial charge in [-0.2, -0.15) is 0 Å². The summed E-state index contributed by atoms with van der Waals surface area (Å²) in [7, 11) is 1.73. The van der Waals surface area contributed by atoms with Gasteiger partial charge in [0.05, 0.1) is 0 Å². The van der Waals surface area contributed by atoms with Crippen molar-refractivity contribution in [3.05, 3.63) is 12.2 Å². The van der Waals surface area contributed by atoms with Crippen molar-refractivity contribution in [3.63, 3.8) is 0 Å². The van der Waals surface area contributed by atoms with Gasteiger partial charge in [-0.25, -0.2) is 0 Å². The number of thioether (sulfide) groups is 2. The van der Waals surface area contributed by atoms with Crippen LogP contribution >= 0.6 is 23.5 Å². The summed E-state index contributed by atoms with van der Waals surface area (Å²) in [5.41, 5.74) is 0. The van der Waals surface area contributed by atoms with Gasteiger partial charge in [0.1, 0.15) is 0 Å². The molecule has 0 saturated carbocycles. The first-order valence-corrected chi connectivity index (χ1v) is 23.1. The fourth-order valence-corrected chi connectivity index (χ4v) is 35.9. The topological polar surface area (TPSA) is 18.5 Å². The van der Waals surface area contributed by atoms with Crippen LogP contribution in [0.25, 0.3) is 0 Å². The number of methoxy groups -OCH3 is 1. The van der Waals surface area contributed by atoms with E-state index in [4.69, 9.17) is 9.47 Å². The van der Waals surface area contributed by atoms with Crippen molar-refractivity contribution < 1.29 is 9.47 Å². The predicted molar refractivity (Wildman–Crippen MR) is 152 cm³/mol.